The summed E-state index contributed by atoms with van der Waals surface area (Å²) in [6.07, 6.45) is 7.38. The fourth-order valence-electron chi connectivity index (χ4n) is 3.35. The van der Waals surface area contributed by atoms with Crippen LogP contribution in [0.1, 0.15) is 50.2 Å². The van der Waals surface area contributed by atoms with Gasteiger partial charge in [-0.2, -0.15) is 0 Å². The molecule has 0 unspecified atom stereocenters. The summed E-state index contributed by atoms with van der Waals surface area (Å²) in [5.74, 6) is -0.144. The van der Waals surface area contributed by atoms with Gasteiger partial charge in [0.2, 0.25) is 0 Å². The molecule has 1 aromatic rings. The normalized spacial score (nSPS) is 19.5. The standard InChI is InChI=1S/C20H26N2O2S/c1-3-4-5-12-22-19(23)18(25-20(22)24)14-16-8-9-17(13-15(16)2)21-10-6-7-11-21/h8-9,13-14H,3-7,10-12H2,1-2H3/b18-14-. The van der Waals surface area contributed by atoms with E-state index in [0.717, 1.165) is 55.2 Å². The number of hydrogen-bond donors (Lipinski definition) is 0. The highest BCUT2D eigenvalue weighted by molar-refractivity contribution is 8.18. The number of carbonyl (C=O) groups is 2. The molecule has 25 heavy (non-hydrogen) atoms. The number of anilines is 1. The lowest BCUT2D eigenvalue weighted by atomic mass is 10.1. The topological polar surface area (TPSA) is 40.6 Å². The smallest absolute Gasteiger partial charge is 0.293 e. The highest BCUT2D eigenvalue weighted by Gasteiger charge is 2.34. The van der Waals surface area contributed by atoms with Crippen LogP contribution in [0.3, 0.4) is 0 Å². The summed E-state index contributed by atoms with van der Waals surface area (Å²) in [6, 6.07) is 6.37. The van der Waals surface area contributed by atoms with Crippen molar-refractivity contribution >= 4 is 34.7 Å². The van der Waals surface area contributed by atoms with Gasteiger partial charge in [-0.1, -0.05) is 25.8 Å². The van der Waals surface area contributed by atoms with Gasteiger partial charge in [0.25, 0.3) is 11.1 Å². The summed E-state index contributed by atoms with van der Waals surface area (Å²) < 4.78 is 0. The van der Waals surface area contributed by atoms with Crippen LogP contribution in [0.25, 0.3) is 6.08 Å². The van der Waals surface area contributed by atoms with E-state index in [4.69, 9.17) is 0 Å². The molecule has 2 heterocycles. The number of unbranched alkanes of at least 4 members (excludes halogenated alkanes) is 2. The largest absolute Gasteiger partial charge is 0.372 e. The lowest BCUT2D eigenvalue weighted by Gasteiger charge is -2.18. The maximum atomic E-state index is 12.5. The molecule has 2 amide bonds. The third-order valence-corrected chi connectivity index (χ3v) is 5.78. The van der Waals surface area contributed by atoms with E-state index in [0.29, 0.717) is 11.4 Å². The summed E-state index contributed by atoms with van der Waals surface area (Å²) in [6.45, 7) is 6.95. The molecule has 0 spiro atoms. The monoisotopic (exact) mass is 358 g/mol. The summed E-state index contributed by atoms with van der Waals surface area (Å²) in [4.78, 5) is 29.0. The number of imide groups is 1. The zero-order chi connectivity index (χ0) is 17.8. The molecule has 2 aliphatic rings. The SMILES string of the molecule is CCCCCN1C(=O)S/C(=C\c2ccc(N3CCCC3)cc2C)C1=O. The number of rotatable bonds is 6. The van der Waals surface area contributed by atoms with Crippen LogP contribution < -0.4 is 4.90 Å². The first-order valence-corrected chi connectivity index (χ1v) is 10.0. The number of carbonyl (C=O) groups excluding carboxylic acids is 2. The minimum Gasteiger partial charge on any atom is -0.372 e. The molecular weight excluding hydrogens is 332 g/mol. The second kappa shape index (κ2) is 8.09. The van der Waals surface area contributed by atoms with E-state index in [1.165, 1.54) is 23.4 Å². The molecule has 4 nitrogen and oxygen atoms in total. The van der Waals surface area contributed by atoms with Crippen molar-refractivity contribution in [1.29, 1.82) is 0 Å². The van der Waals surface area contributed by atoms with Crippen molar-refractivity contribution in [2.24, 2.45) is 0 Å². The van der Waals surface area contributed by atoms with Crippen LogP contribution >= 0.6 is 11.8 Å². The molecule has 3 rings (SSSR count). The summed E-state index contributed by atoms with van der Waals surface area (Å²) in [5.41, 5.74) is 3.41. The molecule has 0 saturated carbocycles. The predicted octanol–water partition coefficient (Wildman–Crippen LogP) is 4.82. The average Bonchev–Trinajstić information content (AvgIpc) is 3.21. The molecule has 0 atom stereocenters. The van der Waals surface area contributed by atoms with E-state index in [1.807, 2.05) is 6.08 Å². The first-order valence-electron chi connectivity index (χ1n) is 9.21. The van der Waals surface area contributed by atoms with Gasteiger partial charge in [-0.05, 0) is 67.3 Å². The Bertz CT molecular complexity index is 693. The number of amides is 2. The van der Waals surface area contributed by atoms with Crippen molar-refractivity contribution in [3.05, 3.63) is 34.2 Å². The van der Waals surface area contributed by atoms with Gasteiger partial charge in [0.15, 0.2) is 0 Å². The second-order valence-corrected chi connectivity index (χ2v) is 7.77. The van der Waals surface area contributed by atoms with Gasteiger partial charge in [0, 0.05) is 25.3 Å². The van der Waals surface area contributed by atoms with Gasteiger partial charge in [0.05, 0.1) is 4.91 Å². The van der Waals surface area contributed by atoms with Crippen LogP contribution in [0.2, 0.25) is 0 Å². The van der Waals surface area contributed by atoms with Crippen molar-refractivity contribution in [2.75, 3.05) is 24.5 Å². The predicted molar refractivity (Wildman–Crippen MR) is 105 cm³/mol. The molecule has 0 aromatic heterocycles. The minimum absolute atomic E-state index is 0.140. The van der Waals surface area contributed by atoms with E-state index in [9.17, 15) is 9.59 Å². The van der Waals surface area contributed by atoms with Crippen LogP contribution in [0.15, 0.2) is 23.1 Å². The minimum atomic E-state index is -0.144. The van der Waals surface area contributed by atoms with Crippen molar-refractivity contribution in [1.82, 2.24) is 4.90 Å². The van der Waals surface area contributed by atoms with E-state index in [2.05, 4.69) is 36.9 Å². The molecule has 0 N–H and O–H groups in total. The lowest BCUT2D eigenvalue weighted by molar-refractivity contribution is -0.122. The quantitative estimate of drug-likeness (QED) is 0.540. The molecule has 134 valence electrons. The van der Waals surface area contributed by atoms with Crippen molar-refractivity contribution in [3.63, 3.8) is 0 Å². The Morgan fingerprint density at radius 3 is 2.60 bits per heavy atom. The molecule has 2 saturated heterocycles. The van der Waals surface area contributed by atoms with Crippen LogP contribution in [0, 0.1) is 6.92 Å². The maximum Gasteiger partial charge on any atom is 0.293 e. The summed E-state index contributed by atoms with van der Waals surface area (Å²) in [7, 11) is 0. The van der Waals surface area contributed by atoms with E-state index in [1.54, 1.807) is 0 Å². The van der Waals surface area contributed by atoms with Gasteiger partial charge >= 0.3 is 0 Å². The Morgan fingerprint density at radius 1 is 1.16 bits per heavy atom. The van der Waals surface area contributed by atoms with Crippen LogP contribution in [0.5, 0.6) is 0 Å². The third kappa shape index (κ3) is 4.09. The van der Waals surface area contributed by atoms with Gasteiger partial charge in [0.1, 0.15) is 0 Å². The number of hydrogen-bond acceptors (Lipinski definition) is 4. The second-order valence-electron chi connectivity index (χ2n) is 6.78. The Morgan fingerprint density at radius 2 is 1.92 bits per heavy atom. The van der Waals surface area contributed by atoms with Gasteiger partial charge in [-0.3, -0.25) is 14.5 Å². The average molecular weight is 359 g/mol. The molecule has 5 heteroatoms. The first-order chi connectivity index (χ1) is 12.1. The lowest BCUT2D eigenvalue weighted by Crippen LogP contribution is -2.29. The highest BCUT2D eigenvalue weighted by Crippen LogP contribution is 2.33. The fraction of sp³-hybridized carbons (Fsp3) is 0.500. The van der Waals surface area contributed by atoms with Gasteiger partial charge in [-0.25, -0.2) is 0 Å². The van der Waals surface area contributed by atoms with E-state index in [-0.39, 0.29) is 11.1 Å². The number of benzene rings is 1. The summed E-state index contributed by atoms with van der Waals surface area (Å²) >= 11 is 1.06. The third-order valence-electron chi connectivity index (χ3n) is 4.87. The molecule has 0 aliphatic carbocycles. The Labute approximate surface area is 154 Å². The number of aryl methyl sites for hydroxylation is 1. The van der Waals surface area contributed by atoms with Crippen molar-refractivity contribution in [2.45, 2.75) is 46.0 Å². The van der Waals surface area contributed by atoms with Crippen LogP contribution in [-0.2, 0) is 4.79 Å². The zero-order valence-electron chi connectivity index (χ0n) is 15.1. The molecule has 0 bridgehead atoms. The van der Waals surface area contributed by atoms with E-state index >= 15 is 0 Å². The Hall–Kier alpha value is -1.75. The molecule has 2 fully saturated rings. The van der Waals surface area contributed by atoms with Gasteiger partial charge in [-0.15, -0.1) is 0 Å². The highest BCUT2D eigenvalue weighted by atomic mass is 32.2. The molecule has 2 aliphatic heterocycles. The molecule has 1 aromatic carbocycles. The zero-order valence-corrected chi connectivity index (χ0v) is 15.9. The maximum absolute atomic E-state index is 12.5. The van der Waals surface area contributed by atoms with Crippen molar-refractivity contribution in [3.8, 4) is 0 Å². The van der Waals surface area contributed by atoms with E-state index < -0.39 is 0 Å². The number of nitrogens with zero attached hydrogens (tertiary/aromatic N) is 2. The molecule has 0 radical (unpaired) electrons. The van der Waals surface area contributed by atoms with Gasteiger partial charge < -0.3 is 4.90 Å². The Balaban J connectivity index is 1.74. The molecular formula is C20H26N2O2S. The fourth-order valence-corrected chi connectivity index (χ4v) is 4.20. The summed E-state index contributed by atoms with van der Waals surface area (Å²) in [5, 5.41) is -0.140. The van der Waals surface area contributed by atoms with Crippen LogP contribution in [-0.4, -0.2) is 35.7 Å². The first kappa shape index (κ1) is 18.1. The van der Waals surface area contributed by atoms with Crippen LogP contribution in [0.4, 0.5) is 10.5 Å². The van der Waals surface area contributed by atoms with Crippen molar-refractivity contribution < 1.29 is 9.59 Å². The Kier molecular flexibility index (Phi) is 5.84. The number of thioether (sulfide) groups is 1.